The molecule has 190 valence electrons. The minimum atomic E-state index is -4.62. The fourth-order valence-electron chi connectivity index (χ4n) is 3.85. The van der Waals surface area contributed by atoms with Crippen LogP contribution in [0.15, 0.2) is 42.5 Å². The van der Waals surface area contributed by atoms with Gasteiger partial charge in [0.2, 0.25) is 0 Å². The molecule has 0 bridgehead atoms. The summed E-state index contributed by atoms with van der Waals surface area (Å²) >= 11 is 0. The standard InChI is InChI=1S/C21H22F3N3O3.C4H9N/c22-21(23,24)18-8-2-7-17(26-18)19(28)25-16-6-1-4-14(12-16)13-27-10-3-5-15(9-11-27)20(29)30;1-5-4-2-3-4/h1-2,4,6-8,12,15H,3,5,9-11,13H2,(H,25,28)(H,29,30);4-5H,2-3H2,1H3. The van der Waals surface area contributed by atoms with Crippen molar-refractivity contribution in [3.05, 3.63) is 59.4 Å². The first-order chi connectivity index (χ1) is 16.7. The molecule has 2 fully saturated rings. The van der Waals surface area contributed by atoms with Gasteiger partial charge in [0.05, 0.1) is 5.92 Å². The van der Waals surface area contributed by atoms with Gasteiger partial charge >= 0.3 is 12.1 Å². The first kappa shape index (κ1) is 26.6. The van der Waals surface area contributed by atoms with Crippen molar-refractivity contribution < 1.29 is 27.9 Å². The lowest BCUT2D eigenvalue weighted by atomic mass is 10.0. The summed E-state index contributed by atoms with van der Waals surface area (Å²) in [5.74, 6) is -1.80. The summed E-state index contributed by atoms with van der Waals surface area (Å²) in [4.78, 5) is 29.1. The van der Waals surface area contributed by atoms with E-state index < -0.39 is 23.7 Å². The number of rotatable bonds is 6. The Morgan fingerprint density at radius 1 is 1.09 bits per heavy atom. The van der Waals surface area contributed by atoms with Crippen LogP contribution in [0.4, 0.5) is 18.9 Å². The number of halogens is 3. The minimum absolute atomic E-state index is 0.317. The fraction of sp³-hybridized carbons (Fsp3) is 0.480. The van der Waals surface area contributed by atoms with Crippen molar-refractivity contribution in [2.75, 3.05) is 25.5 Å². The molecular formula is C25H31F3N4O3. The maximum Gasteiger partial charge on any atom is 0.433 e. The summed E-state index contributed by atoms with van der Waals surface area (Å²) < 4.78 is 38.4. The van der Waals surface area contributed by atoms with Crippen LogP contribution in [-0.2, 0) is 17.5 Å². The molecule has 3 N–H and O–H groups in total. The van der Waals surface area contributed by atoms with Crippen molar-refractivity contribution in [1.82, 2.24) is 15.2 Å². The van der Waals surface area contributed by atoms with E-state index in [4.69, 9.17) is 0 Å². The van der Waals surface area contributed by atoms with Gasteiger partial charge in [-0.3, -0.25) is 14.5 Å². The minimum Gasteiger partial charge on any atom is -0.481 e. The van der Waals surface area contributed by atoms with Crippen LogP contribution in [0.25, 0.3) is 0 Å². The van der Waals surface area contributed by atoms with E-state index in [2.05, 4.69) is 20.5 Å². The zero-order valence-electron chi connectivity index (χ0n) is 19.6. The maximum absolute atomic E-state index is 12.8. The lowest BCUT2D eigenvalue weighted by molar-refractivity contribution is -0.142. The third-order valence-electron chi connectivity index (χ3n) is 6.02. The van der Waals surface area contributed by atoms with E-state index in [1.54, 1.807) is 18.2 Å². The average molecular weight is 493 g/mol. The Morgan fingerprint density at radius 2 is 1.83 bits per heavy atom. The topological polar surface area (TPSA) is 94.6 Å². The Labute approximate surface area is 202 Å². The predicted molar refractivity (Wildman–Crippen MR) is 126 cm³/mol. The number of amides is 1. The molecule has 7 nitrogen and oxygen atoms in total. The van der Waals surface area contributed by atoms with E-state index in [1.165, 1.54) is 18.9 Å². The van der Waals surface area contributed by atoms with Crippen LogP contribution in [-0.4, -0.2) is 53.0 Å². The molecule has 1 aliphatic carbocycles. The highest BCUT2D eigenvalue weighted by Crippen LogP contribution is 2.27. The number of nitrogens with one attached hydrogen (secondary N) is 2. The maximum atomic E-state index is 12.8. The number of carbonyl (C=O) groups is 2. The number of aromatic nitrogens is 1. The monoisotopic (exact) mass is 492 g/mol. The molecule has 0 radical (unpaired) electrons. The summed E-state index contributed by atoms with van der Waals surface area (Å²) in [6, 6.07) is 11.1. The van der Waals surface area contributed by atoms with Crippen molar-refractivity contribution in [3.8, 4) is 0 Å². The molecule has 2 aromatic rings. The molecule has 1 aliphatic heterocycles. The van der Waals surface area contributed by atoms with Crippen LogP contribution in [0.3, 0.4) is 0 Å². The zero-order valence-corrected chi connectivity index (χ0v) is 19.6. The predicted octanol–water partition coefficient (Wildman–Crippen LogP) is 4.41. The molecule has 1 saturated carbocycles. The highest BCUT2D eigenvalue weighted by atomic mass is 19.4. The Balaban J connectivity index is 0.000000607. The van der Waals surface area contributed by atoms with Gasteiger partial charge in [-0.2, -0.15) is 13.2 Å². The number of carbonyl (C=O) groups excluding carboxylic acids is 1. The molecule has 10 heteroatoms. The molecule has 1 aromatic heterocycles. The summed E-state index contributed by atoms with van der Waals surface area (Å²) in [7, 11) is 2.01. The molecule has 1 aromatic carbocycles. The number of carboxylic acid groups (broad SMARTS) is 1. The van der Waals surface area contributed by atoms with Gasteiger partial charge in [-0.05, 0) is 82.1 Å². The lowest BCUT2D eigenvalue weighted by Crippen LogP contribution is -2.25. The number of carboxylic acids is 1. The molecule has 1 amide bonds. The van der Waals surface area contributed by atoms with Crippen molar-refractivity contribution in [1.29, 1.82) is 0 Å². The van der Waals surface area contributed by atoms with Gasteiger partial charge in [-0.25, -0.2) is 4.98 Å². The van der Waals surface area contributed by atoms with Gasteiger partial charge in [0.1, 0.15) is 11.4 Å². The van der Waals surface area contributed by atoms with E-state index in [0.29, 0.717) is 31.6 Å². The number of benzene rings is 1. The van der Waals surface area contributed by atoms with Crippen LogP contribution in [0.1, 0.15) is 53.8 Å². The van der Waals surface area contributed by atoms with Crippen molar-refractivity contribution in [2.45, 2.75) is 50.9 Å². The third-order valence-corrected chi connectivity index (χ3v) is 6.02. The van der Waals surface area contributed by atoms with Crippen LogP contribution in [0.2, 0.25) is 0 Å². The molecule has 1 saturated heterocycles. The van der Waals surface area contributed by atoms with Crippen molar-refractivity contribution in [2.24, 2.45) is 5.92 Å². The van der Waals surface area contributed by atoms with Gasteiger partial charge in [0.15, 0.2) is 0 Å². The van der Waals surface area contributed by atoms with Gasteiger partial charge in [0, 0.05) is 18.3 Å². The SMILES string of the molecule is CNC1CC1.O=C(Nc1cccc(CN2CCCC(C(=O)O)CC2)c1)c1cccc(C(F)(F)F)n1. The smallest absolute Gasteiger partial charge is 0.433 e. The van der Waals surface area contributed by atoms with Crippen molar-refractivity contribution >= 4 is 17.6 Å². The number of nitrogens with zero attached hydrogens (tertiary/aromatic N) is 2. The number of likely N-dealkylation sites (tertiary alicyclic amines) is 1. The number of pyridine rings is 1. The quantitative estimate of drug-likeness (QED) is 0.553. The van der Waals surface area contributed by atoms with E-state index in [1.807, 2.05) is 13.1 Å². The Morgan fingerprint density at radius 3 is 2.46 bits per heavy atom. The lowest BCUT2D eigenvalue weighted by Gasteiger charge is -2.20. The van der Waals surface area contributed by atoms with Gasteiger partial charge in [-0.1, -0.05) is 18.2 Å². The summed E-state index contributed by atoms with van der Waals surface area (Å²) in [5.41, 5.74) is -0.0688. The first-order valence-corrected chi connectivity index (χ1v) is 11.7. The molecular weight excluding hydrogens is 461 g/mol. The molecule has 2 aliphatic rings. The Bertz CT molecular complexity index is 1010. The molecule has 1 unspecified atom stereocenters. The van der Waals surface area contributed by atoms with E-state index in [9.17, 15) is 27.9 Å². The first-order valence-electron chi connectivity index (χ1n) is 11.7. The zero-order chi connectivity index (χ0) is 25.4. The molecule has 35 heavy (non-hydrogen) atoms. The second-order valence-electron chi connectivity index (χ2n) is 8.87. The van der Waals surface area contributed by atoms with Gasteiger partial charge < -0.3 is 15.7 Å². The number of anilines is 1. The van der Waals surface area contributed by atoms with Crippen molar-refractivity contribution in [3.63, 3.8) is 0 Å². The summed E-state index contributed by atoms with van der Waals surface area (Å²) in [5, 5.41) is 14.9. The summed E-state index contributed by atoms with van der Waals surface area (Å²) in [6.07, 6.45) is 0.226. The Hall–Kier alpha value is -2.98. The molecule has 2 heterocycles. The van der Waals surface area contributed by atoms with E-state index in [0.717, 1.165) is 36.7 Å². The second-order valence-corrected chi connectivity index (χ2v) is 8.87. The second kappa shape index (κ2) is 12.1. The van der Waals surface area contributed by atoms with E-state index >= 15 is 0 Å². The number of hydrogen-bond acceptors (Lipinski definition) is 5. The normalized spacial score (nSPS) is 18.7. The molecule has 1 atom stereocenters. The van der Waals surface area contributed by atoms with E-state index in [-0.39, 0.29) is 11.6 Å². The highest BCUT2D eigenvalue weighted by Gasteiger charge is 2.33. The van der Waals surface area contributed by atoms with Crippen LogP contribution < -0.4 is 10.6 Å². The fourth-order valence-corrected chi connectivity index (χ4v) is 3.85. The third kappa shape index (κ3) is 8.63. The van der Waals surface area contributed by atoms with Crippen LogP contribution >= 0.6 is 0 Å². The largest absolute Gasteiger partial charge is 0.481 e. The molecule has 0 spiro atoms. The van der Waals surface area contributed by atoms with Crippen LogP contribution in [0, 0.1) is 5.92 Å². The molecule has 4 rings (SSSR count). The van der Waals surface area contributed by atoms with Gasteiger partial charge in [0.25, 0.3) is 5.91 Å². The average Bonchev–Trinajstić information content (AvgIpc) is 3.67. The number of hydrogen-bond donors (Lipinski definition) is 3. The number of alkyl halides is 3. The summed E-state index contributed by atoms with van der Waals surface area (Å²) in [6.45, 7) is 2.05. The van der Waals surface area contributed by atoms with Crippen LogP contribution in [0.5, 0.6) is 0 Å². The highest BCUT2D eigenvalue weighted by molar-refractivity contribution is 6.02. The van der Waals surface area contributed by atoms with Gasteiger partial charge in [-0.15, -0.1) is 0 Å². The number of aliphatic carboxylic acids is 1. The Kier molecular flexibility index (Phi) is 9.22.